The number of amides is 1. The van der Waals surface area contributed by atoms with Crippen molar-refractivity contribution < 1.29 is 9.90 Å². The van der Waals surface area contributed by atoms with Crippen LogP contribution in [0.15, 0.2) is 34.2 Å². The second kappa shape index (κ2) is 6.84. The molecule has 9 heteroatoms. The average Bonchev–Trinajstić information content (AvgIpc) is 2.40. The first-order chi connectivity index (χ1) is 9.95. The van der Waals surface area contributed by atoms with E-state index in [0.717, 1.165) is 17.8 Å². The molecule has 0 bridgehead atoms. The van der Waals surface area contributed by atoms with E-state index in [0.29, 0.717) is 15.7 Å². The molecule has 0 spiro atoms. The van der Waals surface area contributed by atoms with Gasteiger partial charge in [0, 0.05) is 0 Å². The molecule has 0 saturated carbocycles. The van der Waals surface area contributed by atoms with E-state index in [1.807, 2.05) is 0 Å². The molecular formula is C12H9Cl2N3O3S. The molecule has 0 radical (unpaired) electrons. The Morgan fingerprint density at radius 3 is 2.67 bits per heavy atom. The number of anilines is 1. The lowest BCUT2D eigenvalue weighted by atomic mass is 10.3. The largest absolute Gasteiger partial charge is 0.493 e. The highest BCUT2D eigenvalue weighted by atomic mass is 35.5. The molecule has 1 aromatic heterocycles. The number of aromatic amines is 1. The van der Waals surface area contributed by atoms with E-state index in [4.69, 9.17) is 23.2 Å². The summed E-state index contributed by atoms with van der Waals surface area (Å²) in [6.07, 6.45) is 0. The topological polar surface area (TPSA) is 95.1 Å². The number of nitrogens with one attached hydrogen (secondary N) is 2. The summed E-state index contributed by atoms with van der Waals surface area (Å²) in [7, 11) is 0. The van der Waals surface area contributed by atoms with E-state index in [-0.39, 0.29) is 16.8 Å². The molecule has 110 valence electrons. The van der Waals surface area contributed by atoms with Gasteiger partial charge in [-0.15, -0.1) is 0 Å². The summed E-state index contributed by atoms with van der Waals surface area (Å²) in [6, 6.07) is 5.80. The molecule has 0 aliphatic rings. The van der Waals surface area contributed by atoms with E-state index in [2.05, 4.69) is 15.3 Å². The van der Waals surface area contributed by atoms with Crippen LogP contribution < -0.4 is 10.9 Å². The molecule has 3 N–H and O–H groups in total. The number of carbonyl (C=O) groups excluding carboxylic acids is 1. The first kappa shape index (κ1) is 15.7. The Balaban J connectivity index is 2.01. The smallest absolute Gasteiger partial charge is 0.255 e. The number of thioether (sulfide) groups is 1. The fourth-order valence-corrected chi connectivity index (χ4v) is 2.58. The van der Waals surface area contributed by atoms with Crippen LogP contribution in [0.5, 0.6) is 5.88 Å². The second-order valence-electron chi connectivity index (χ2n) is 3.84. The minimum absolute atomic E-state index is 0.0338. The van der Waals surface area contributed by atoms with Crippen molar-refractivity contribution >= 4 is 46.6 Å². The Kier molecular flexibility index (Phi) is 5.11. The highest BCUT2D eigenvalue weighted by molar-refractivity contribution is 7.99. The number of H-pyrrole nitrogens is 1. The number of benzene rings is 1. The predicted octanol–water partition coefficient (Wildman–Crippen LogP) is 2.51. The van der Waals surface area contributed by atoms with Gasteiger partial charge in [-0.05, 0) is 12.1 Å². The van der Waals surface area contributed by atoms with Gasteiger partial charge >= 0.3 is 0 Å². The van der Waals surface area contributed by atoms with Crippen LogP contribution in [0.1, 0.15) is 0 Å². The number of aromatic nitrogens is 2. The molecule has 0 aliphatic carbocycles. The van der Waals surface area contributed by atoms with Crippen LogP contribution in [-0.2, 0) is 4.79 Å². The maximum atomic E-state index is 11.8. The third kappa shape index (κ3) is 4.38. The second-order valence-corrected chi connectivity index (χ2v) is 5.62. The van der Waals surface area contributed by atoms with Gasteiger partial charge in [-0.3, -0.25) is 9.59 Å². The fraction of sp³-hybridized carbons (Fsp3) is 0.0833. The first-order valence-corrected chi connectivity index (χ1v) is 7.37. The number of nitrogens with zero attached hydrogens (tertiary/aromatic N) is 1. The van der Waals surface area contributed by atoms with Crippen molar-refractivity contribution in [3.05, 3.63) is 44.7 Å². The van der Waals surface area contributed by atoms with Crippen molar-refractivity contribution in [1.29, 1.82) is 0 Å². The molecule has 6 nitrogen and oxygen atoms in total. The van der Waals surface area contributed by atoms with Crippen LogP contribution in [0.2, 0.25) is 10.0 Å². The molecule has 0 aliphatic heterocycles. The van der Waals surface area contributed by atoms with Gasteiger partial charge < -0.3 is 15.4 Å². The van der Waals surface area contributed by atoms with Crippen LogP contribution in [-0.4, -0.2) is 26.7 Å². The van der Waals surface area contributed by atoms with Crippen molar-refractivity contribution in [2.24, 2.45) is 0 Å². The van der Waals surface area contributed by atoms with Gasteiger partial charge in [0.1, 0.15) is 0 Å². The van der Waals surface area contributed by atoms with E-state index in [1.54, 1.807) is 18.2 Å². The Hall–Kier alpha value is -1.70. The lowest BCUT2D eigenvalue weighted by Crippen LogP contribution is -2.15. The number of hydrogen-bond donors (Lipinski definition) is 3. The normalized spacial score (nSPS) is 10.4. The van der Waals surface area contributed by atoms with Crippen molar-refractivity contribution in [3.63, 3.8) is 0 Å². The predicted molar refractivity (Wildman–Crippen MR) is 82.3 cm³/mol. The lowest BCUT2D eigenvalue weighted by Gasteiger charge is -2.08. The maximum Gasteiger partial charge on any atom is 0.255 e. The number of hydrogen-bond acceptors (Lipinski definition) is 5. The lowest BCUT2D eigenvalue weighted by molar-refractivity contribution is -0.113. The number of carbonyl (C=O) groups is 1. The zero-order chi connectivity index (χ0) is 15.4. The Morgan fingerprint density at radius 1 is 1.38 bits per heavy atom. The Labute approximate surface area is 133 Å². The summed E-state index contributed by atoms with van der Waals surface area (Å²) in [4.78, 5) is 29.0. The van der Waals surface area contributed by atoms with Crippen LogP contribution in [0.25, 0.3) is 0 Å². The highest BCUT2D eigenvalue weighted by Crippen LogP contribution is 2.30. The fourth-order valence-electron chi connectivity index (χ4n) is 1.42. The minimum Gasteiger partial charge on any atom is -0.493 e. The SMILES string of the molecule is O=C(CSc1nc(O)cc(=O)[nH]1)Nc1c(Cl)cccc1Cl. The summed E-state index contributed by atoms with van der Waals surface area (Å²) >= 11 is 12.8. The zero-order valence-corrected chi connectivity index (χ0v) is 12.7. The van der Waals surface area contributed by atoms with E-state index in [9.17, 15) is 14.7 Å². The summed E-state index contributed by atoms with van der Waals surface area (Å²) < 4.78 is 0. The van der Waals surface area contributed by atoms with Crippen LogP contribution in [0.3, 0.4) is 0 Å². The van der Waals surface area contributed by atoms with E-state index < -0.39 is 11.4 Å². The van der Waals surface area contributed by atoms with Crippen LogP contribution >= 0.6 is 35.0 Å². The van der Waals surface area contributed by atoms with Gasteiger partial charge in [0.05, 0.1) is 27.6 Å². The molecule has 21 heavy (non-hydrogen) atoms. The highest BCUT2D eigenvalue weighted by Gasteiger charge is 2.11. The van der Waals surface area contributed by atoms with Gasteiger partial charge in [0.25, 0.3) is 5.56 Å². The van der Waals surface area contributed by atoms with Crippen molar-refractivity contribution in [1.82, 2.24) is 9.97 Å². The number of aromatic hydroxyl groups is 1. The molecular weight excluding hydrogens is 337 g/mol. The molecule has 2 aromatic rings. The third-order valence-corrected chi connectivity index (χ3v) is 3.78. The molecule has 1 aromatic carbocycles. The summed E-state index contributed by atoms with van der Waals surface area (Å²) in [5, 5.41) is 12.5. The van der Waals surface area contributed by atoms with Gasteiger partial charge in [0.2, 0.25) is 11.8 Å². The molecule has 2 rings (SSSR count). The van der Waals surface area contributed by atoms with Crippen LogP contribution in [0.4, 0.5) is 5.69 Å². The number of halogens is 2. The molecule has 0 unspecified atom stereocenters. The molecule has 0 atom stereocenters. The average molecular weight is 346 g/mol. The van der Waals surface area contributed by atoms with Gasteiger partial charge in [-0.25, -0.2) is 0 Å². The van der Waals surface area contributed by atoms with Crippen molar-refractivity contribution in [2.45, 2.75) is 5.16 Å². The summed E-state index contributed by atoms with van der Waals surface area (Å²) in [5.74, 6) is -0.815. The number of para-hydroxylation sites is 1. The third-order valence-electron chi connectivity index (χ3n) is 2.27. The molecule has 0 saturated heterocycles. The standard InChI is InChI=1S/C12H9Cl2N3O3S/c13-6-2-1-3-7(14)11(6)15-10(20)5-21-12-16-8(18)4-9(19)17-12/h1-4H,5H2,(H,15,20)(H2,16,17,18,19). The number of rotatable bonds is 4. The molecule has 0 fully saturated rings. The monoisotopic (exact) mass is 345 g/mol. The molecule has 1 heterocycles. The quantitative estimate of drug-likeness (QED) is 0.584. The van der Waals surface area contributed by atoms with Gasteiger partial charge in [-0.1, -0.05) is 41.0 Å². The van der Waals surface area contributed by atoms with E-state index in [1.165, 1.54) is 0 Å². The summed E-state index contributed by atoms with van der Waals surface area (Å²) in [6.45, 7) is 0. The minimum atomic E-state index is -0.500. The van der Waals surface area contributed by atoms with Crippen LogP contribution in [0, 0.1) is 0 Å². The zero-order valence-electron chi connectivity index (χ0n) is 10.4. The van der Waals surface area contributed by atoms with E-state index >= 15 is 0 Å². The van der Waals surface area contributed by atoms with Gasteiger partial charge in [-0.2, -0.15) is 4.98 Å². The first-order valence-electron chi connectivity index (χ1n) is 5.62. The Bertz CT molecular complexity index is 716. The molecule has 1 amide bonds. The maximum absolute atomic E-state index is 11.8. The van der Waals surface area contributed by atoms with Gasteiger partial charge in [0.15, 0.2) is 5.16 Å². The Morgan fingerprint density at radius 2 is 2.05 bits per heavy atom. The van der Waals surface area contributed by atoms with Crippen molar-refractivity contribution in [2.75, 3.05) is 11.1 Å². The van der Waals surface area contributed by atoms with Crippen molar-refractivity contribution in [3.8, 4) is 5.88 Å². The summed E-state index contributed by atoms with van der Waals surface area (Å²) in [5.41, 5.74) is -0.177.